The van der Waals surface area contributed by atoms with Gasteiger partial charge in [0, 0.05) is 11.8 Å². The van der Waals surface area contributed by atoms with E-state index in [1.165, 1.54) is 9.58 Å². The van der Waals surface area contributed by atoms with E-state index in [9.17, 15) is 9.59 Å². The van der Waals surface area contributed by atoms with Gasteiger partial charge in [0.15, 0.2) is 0 Å². The van der Waals surface area contributed by atoms with Crippen LogP contribution in [0.1, 0.15) is 52.8 Å². The Labute approximate surface area is 135 Å². The zero-order chi connectivity index (χ0) is 17.4. The van der Waals surface area contributed by atoms with Crippen molar-refractivity contribution < 1.29 is 19.1 Å². The third-order valence-electron chi connectivity index (χ3n) is 2.83. The first-order valence-corrected chi connectivity index (χ1v) is 7.44. The lowest BCUT2D eigenvalue weighted by molar-refractivity contribution is 0.0322. The van der Waals surface area contributed by atoms with Crippen LogP contribution in [0.15, 0.2) is 12.4 Å². The maximum atomic E-state index is 12.1. The highest BCUT2D eigenvalue weighted by Gasteiger charge is 2.27. The van der Waals surface area contributed by atoms with Crippen LogP contribution in [0, 0.1) is 0 Å². The molecule has 23 heavy (non-hydrogen) atoms. The number of carbonyl (C=O) groups excluding carboxylic acids is 2. The summed E-state index contributed by atoms with van der Waals surface area (Å²) in [6.45, 7) is 11.1. The lowest BCUT2D eigenvalue weighted by Crippen LogP contribution is -2.34. The zero-order valence-electron chi connectivity index (χ0n) is 14.4. The first-order valence-electron chi connectivity index (χ1n) is 7.44. The van der Waals surface area contributed by atoms with Crippen molar-refractivity contribution in [2.24, 2.45) is 0 Å². The predicted molar refractivity (Wildman–Crippen MR) is 84.7 cm³/mol. The van der Waals surface area contributed by atoms with Gasteiger partial charge in [0.25, 0.3) is 0 Å². The normalized spacial score (nSPS) is 14.4. The number of fused-ring (bicyclic) bond motifs is 1. The van der Waals surface area contributed by atoms with Gasteiger partial charge in [0.1, 0.15) is 11.2 Å². The van der Waals surface area contributed by atoms with Gasteiger partial charge in [-0.25, -0.2) is 9.59 Å². The first kappa shape index (κ1) is 17.1. The molecule has 1 aliphatic rings. The molecule has 2 rings (SSSR count). The minimum absolute atomic E-state index is 0.295. The molecule has 1 aromatic heterocycles. The molecule has 0 spiro atoms. The van der Waals surface area contributed by atoms with Crippen molar-refractivity contribution >= 4 is 18.3 Å². The van der Waals surface area contributed by atoms with Gasteiger partial charge in [-0.05, 0) is 47.6 Å². The summed E-state index contributed by atoms with van der Waals surface area (Å²) in [5.74, 6) is 0. The second-order valence-corrected chi connectivity index (χ2v) is 7.37. The third-order valence-corrected chi connectivity index (χ3v) is 2.83. The van der Waals surface area contributed by atoms with Gasteiger partial charge in [0.05, 0.1) is 18.4 Å². The molecule has 0 saturated carbocycles. The van der Waals surface area contributed by atoms with Gasteiger partial charge < -0.3 is 9.47 Å². The van der Waals surface area contributed by atoms with Gasteiger partial charge in [-0.1, -0.05) is 0 Å². The summed E-state index contributed by atoms with van der Waals surface area (Å²) in [6.07, 6.45) is 3.80. The lowest BCUT2D eigenvalue weighted by Gasteiger charge is -2.26. The largest absolute Gasteiger partial charge is 0.443 e. The molecular formula is C16H23N3O4. The molecule has 0 aliphatic carbocycles. The average Bonchev–Trinajstić information content (AvgIpc) is 2.77. The van der Waals surface area contributed by atoms with E-state index in [4.69, 9.17) is 9.47 Å². The Morgan fingerprint density at radius 3 is 2.17 bits per heavy atom. The number of rotatable bonds is 0. The number of amides is 1. The Bertz CT molecular complexity index is 647. The van der Waals surface area contributed by atoms with Crippen LogP contribution in [0.25, 0.3) is 6.08 Å². The van der Waals surface area contributed by atoms with Gasteiger partial charge in [-0.3, -0.25) is 4.90 Å². The number of carbonyl (C=O) groups is 2. The highest BCUT2D eigenvalue weighted by atomic mass is 16.6. The molecule has 1 aromatic rings. The van der Waals surface area contributed by atoms with Crippen LogP contribution < -0.4 is 0 Å². The van der Waals surface area contributed by atoms with Crippen LogP contribution >= 0.6 is 0 Å². The molecule has 0 saturated heterocycles. The Balaban J connectivity index is 2.14. The molecule has 7 nitrogen and oxygen atoms in total. The summed E-state index contributed by atoms with van der Waals surface area (Å²) in [4.78, 5) is 25.7. The highest BCUT2D eigenvalue weighted by Crippen LogP contribution is 2.22. The van der Waals surface area contributed by atoms with Crippen LogP contribution in [-0.2, 0) is 16.0 Å². The fourth-order valence-corrected chi connectivity index (χ4v) is 1.98. The molecule has 0 aromatic carbocycles. The number of hydrogen-bond donors (Lipinski definition) is 0. The fourth-order valence-electron chi connectivity index (χ4n) is 1.98. The van der Waals surface area contributed by atoms with E-state index in [0.717, 1.165) is 5.56 Å². The van der Waals surface area contributed by atoms with Crippen molar-refractivity contribution in [2.45, 2.75) is 59.3 Å². The van der Waals surface area contributed by atoms with E-state index in [-0.39, 0.29) is 0 Å². The molecule has 1 amide bonds. The number of aromatic nitrogens is 2. The van der Waals surface area contributed by atoms with E-state index >= 15 is 0 Å². The summed E-state index contributed by atoms with van der Waals surface area (Å²) < 4.78 is 11.8. The molecule has 0 radical (unpaired) electrons. The second-order valence-electron chi connectivity index (χ2n) is 7.37. The molecule has 126 valence electrons. The van der Waals surface area contributed by atoms with Crippen molar-refractivity contribution in [3.8, 4) is 0 Å². The van der Waals surface area contributed by atoms with Crippen molar-refractivity contribution in [1.29, 1.82) is 0 Å². The molecule has 2 heterocycles. The standard InChI is InChI=1S/C16H23N3O4/c1-15(2,3)22-13(20)18-8-7-12-11(10-18)9-17-19(12)14(21)23-16(4,5)6/h7-9H,10H2,1-6H3. The van der Waals surface area contributed by atoms with E-state index < -0.39 is 23.4 Å². The third kappa shape index (κ3) is 4.34. The van der Waals surface area contributed by atoms with E-state index in [2.05, 4.69) is 5.10 Å². The smallest absolute Gasteiger partial charge is 0.435 e. The molecule has 0 atom stereocenters. The predicted octanol–water partition coefficient (Wildman–Crippen LogP) is 3.39. The Hall–Kier alpha value is -2.31. The van der Waals surface area contributed by atoms with Gasteiger partial charge in [0.2, 0.25) is 0 Å². The quantitative estimate of drug-likeness (QED) is 0.732. The lowest BCUT2D eigenvalue weighted by atomic mass is 10.2. The van der Waals surface area contributed by atoms with Crippen molar-refractivity contribution in [1.82, 2.24) is 14.7 Å². The Morgan fingerprint density at radius 2 is 1.61 bits per heavy atom. The van der Waals surface area contributed by atoms with Crippen LogP contribution in [0.2, 0.25) is 0 Å². The molecule has 0 bridgehead atoms. The number of nitrogens with zero attached hydrogens (tertiary/aromatic N) is 3. The fraction of sp³-hybridized carbons (Fsp3) is 0.562. The summed E-state index contributed by atoms with van der Waals surface area (Å²) in [5, 5.41) is 4.06. The van der Waals surface area contributed by atoms with Gasteiger partial charge >= 0.3 is 12.2 Å². The summed E-state index contributed by atoms with van der Waals surface area (Å²) in [7, 11) is 0. The van der Waals surface area contributed by atoms with E-state index in [0.29, 0.717) is 12.2 Å². The number of hydrogen-bond acceptors (Lipinski definition) is 5. The van der Waals surface area contributed by atoms with Gasteiger partial charge in [-0.2, -0.15) is 9.78 Å². The highest BCUT2D eigenvalue weighted by molar-refractivity contribution is 5.77. The van der Waals surface area contributed by atoms with Crippen molar-refractivity contribution in [3.05, 3.63) is 23.7 Å². The molecular weight excluding hydrogens is 298 g/mol. The Morgan fingerprint density at radius 1 is 1.04 bits per heavy atom. The van der Waals surface area contributed by atoms with Crippen molar-refractivity contribution in [2.75, 3.05) is 0 Å². The summed E-state index contributed by atoms with van der Waals surface area (Å²) in [6, 6.07) is 0. The monoisotopic (exact) mass is 321 g/mol. The van der Waals surface area contributed by atoms with Crippen LogP contribution in [0.5, 0.6) is 0 Å². The second kappa shape index (κ2) is 5.72. The Kier molecular flexibility index (Phi) is 4.24. The first-order chi connectivity index (χ1) is 10.5. The molecule has 0 unspecified atom stereocenters. The minimum atomic E-state index is -0.600. The summed E-state index contributed by atoms with van der Waals surface area (Å²) in [5.41, 5.74) is 0.200. The summed E-state index contributed by atoms with van der Waals surface area (Å²) >= 11 is 0. The minimum Gasteiger partial charge on any atom is -0.443 e. The van der Waals surface area contributed by atoms with Crippen LogP contribution in [-0.4, -0.2) is 38.1 Å². The van der Waals surface area contributed by atoms with Crippen LogP contribution in [0.3, 0.4) is 0 Å². The topological polar surface area (TPSA) is 73.7 Å². The maximum Gasteiger partial charge on any atom is 0.435 e. The SMILES string of the molecule is CC(C)(C)OC(=O)N1C=Cc2c(cnn2C(=O)OC(C)(C)C)C1. The molecule has 0 fully saturated rings. The maximum absolute atomic E-state index is 12.1. The molecule has 1 aliphatic heterocycles. The number of ether oxygens (including phenoxy) is 2. The molecule has 0 N–H and O–H groups in total. The molecule has 7 heteroatoms. The average molecular weight is 321 g/mol. The van der Waals surface area contributed by atoms with Crippen molar-refractivity contribution in [3.63, 3.8) is 0 Å². The van der Waals surface area contributed by atoms with Gasteiger partial charge in [-0.15, -0.1) is 0 Å². The van der Waals surface area contributed by atoms with Crippen LogP contribution in [0.4, 0.5) is 9.59 Å². The zero-order valence-corrected chi connectivity index (χ0v) is 14.4. The van der Waals surface area contributed by atoms with E-state index in [1.807, 2.05) is 20.8 Å². The van der Waals surface area contributed by atoms with E-state index in [1.54, 1.807) is 39.2 Å².